The van der Waals surface area contributed by atoms with Crippen LogP contribution < -0.4 is 10.6 Å². The van der Waals surface area contributed by atoms with E-state index >= 15 is 0 Å². The second kappa shape index (κ2) is 7.11. The zero-order valence-corrected chi connectivity index (χ0v) is 11.1. The molecule has 2 aromatic rings. The second-order valence-electron chi connectivity index (χ2n) is 4.18. The molecule has 2 rings (SSSR count). The van der Waals surface area contributed by atoms with Crippen LogP contribution >= 0.6 is 0 Å². The number of carboxylic acids is 1. The van der Waals surface area contributed by atoms with Crippen LogP contribution in [-0.4, -0.2) is 33.5 Å². The van der Waals surface area contributed by atoms with Crippen LogP contribution in [0.15, 0.2) is 48.8 Å². The van der Waals surface area contributed by atoms with E-state index in [-0.39, 0.29) is 12.5 Å². The fraction of sp³-hybridized carbons (Fsp3) is 0.143. The Labute approximate surface area is 121 Å². The second-order valence-corrected chi connectivity index (χ2v) is 4.18. The molecule has 3 N–H and O–H groups in total. The summed E-state index contributed by atoms with van der Waals surface area (Å²) < 4.78 is 0. The van der Waals surface area contributed by atoms with Crippen molar-refractivity contribution in [3.05, 3.63) is 54.4 Å². The number of anilines is 1. The van der Waals surface area contributed by atoms with Crippen LogP contribution in [-0.2, 0) is 9.59 Å². The molecular formula is C14H14N4O3. The number of rotatable bonds is 6. The first-order valence-corrected chi connectivity index (χ1v) is 6.25. The summed E-state index contributed by atoms with van der Waals surface area (Å²) in [6, 6.07) is 9.32. The quantitative estimate of drug-likeness (QED) is 0.726. The zero-order chi connectivity index (χ0) is 15.1. The smallest absolute Gasteiger partial charge is 0.325 e. The van der Waals surface area contributed by atoms with E-state index in [0.717, 1.165) is 0 Å². The van der Waals surface area contributed by atoms with Crippen molar-refractivity contribution in [2.45, 2.75) is 6.04 Å². The Morgan fingerprint density at radius 3 is 2.38 bits per heavy atom. The van der Waals surface area contributed by atoms with Crippen molar-refractivity contribution < 1.29 is 14.7 Å². The molecule has 7 heteroatoms. The third-order valence-corrected chi connectivity index (χ3v) is 2.66. The highest BCUT2D eigenvalue weighted by Gasteiger charge is 2.19. The van der Waals surface area contributed by atoms with E-state index in [9.17, 15) is 14.7 Å². The molecule has 108 valence electrons. The van der Waals surface area contributed by atoms with Gasteiger partial charge in [0, 0.05) is 12.4 Å². The van der Waals surface area contributed by atoms with E-state index < -0.39 is 17.9 Å². The van der Waals surface area contributed by atoms with Gasteiger partial charge in [0.1, 0.15) is 6.04 Å². The lowest BCUT2D eigenvalue weighted by molar-refractivity contribution is -0.139. The molecule has 1 aromatic carbocycles. The molecule has 7 nitrogen and oxygen atoms in total. The van der Waals surface area contributed by atoms with Crippen molar-refractivity contribution >= 4 is 17.8 Å². The summed E-state index contributed by atoms with van der Waals surface area (Å²) in [5.41, 5.74) is 0.578. The lowest BCUT2D eigenvalue weighted by atomic mass is 10.1. The highest BCUT2D eigenvalue weighted by atomic mass is 16.4. The third kappa shape index (κ3) is 4.36. The number of hydrogen-bond acceptors (Lipinski definition) is 5. The van der Waals surface area contributed by atoms with Crippen LogP contribution in [0.2, 0.25) is 0 Å². The molecule has 0 aliphatic carbocycles. The van der Waals surface area contributed by atoms with Crippen molar-refractivity contribution in [1.29, 1.82) is 0 Å². The molecule has 1 aromatic heterocycles. The maximum absolute atomic E-state index is 11.7. The van der Waals surface area contributed by atoms with E-state index in [4.69, 9.17) is 0 Å². The number of carbonyl (C=O) groups excluding carboxylic acids is 1. The molecule has 1 amide bonds. The summed E-state index contributed by atoms with van der Waals surface area (Å²) in [5, 5.41) is 14.4. The summed E-state index contributed by atoms with van der Waals surface area (Å²) in [6.45, 7) is -0.163. The SMILES string of the molecule is O=C(CNC(C(=O)O)c1ccccc1)Nc1ncccn1. The Bertz CT molecular complexity index is 604. The number of amides is 1. The molecule has 21 heavy (non-hydrogen) atoms. The zero-order valence-electron chi connectivity index (χ0n) is 11.1. The Morgan fingerprint density at radius 2 is 1.76 bits per heavy atom. The summed E-state index contributed by atoms with van der Waals surface area (Å²) in [5.74, 6) is -1.29. The summed E-state index contributed by atoms with van der Waals surface area (Å²) >= 11 is 0. The number of nitrogens with one attached hydrogen (secondary N) is 2. The van der Waals surface area contributed by atoms with Gasteiger partial charge >= 0.3 is 5.97 Å². The molecule has 0 aliphatic rings. The van der Waals surface area contributed by atoms with Crippen molar-refractivity contribution in [3.8, 4) is 0 Å². The highest BCUT2D eigenvalue weighted by molar-refractivity contribution is 5.91. The first-order valence-electron chi connectivity index (χ1n) is 6.25. The van der Waals surface area contributed by atoms with Gasteiger partial charge in [0.25, 0.3) is 0 Å². The molecule has 0 radical (unpaired) electrons. The van der Waals surface area contributed by atoms with Crippen molar-refractivity contribution in [2.75, 3.05) is 11.9 Å². The maximum atomic E-state index is 11.7. The van der Waals surface area contributed by atoms with Crippen LogP contribution in [0.25, 0.3) is 0 Å². The Balaban J connectivity index is 1.93. The molecule has 0 bridgehead atoms. The topological polar surface area (TPSA) is 104 Å². The molecule has 1 heterocycles. The van der Waals surface area contributed by atoms with Gasteiger partial charge in [0.15, 0.2) is 0 Å². The lowest BCUT2D eigenvalue weighted by Gasteiger charge is -2.14. The maximum Gasteiger partial charge on any atom is 0.325 e. The number of hydrogen-bond donors (Lipinski definition) is 3. The molecule has 1 unspecified atom stereocenters. The molecular weight excluding hydrogens is 272 g/mol. The normalized spacial score (nSPS) is 11.6. The standard InChI is InChI=1S/C14H14N4O3/c19-11(18-14-15-7-4-8-16-14)9-17-12(13(20)21)10-5-2-1-3-6-10/h1-8,12,17H,9H2,(H,20,21)(H,15,16,18,19). The molecule has 0 saturated heterocycles. The number of carboxylic acid groups (broad SMARTS) is 1. The third-order valence-electron chi connectivity index (χ3n) is 2.66. The van der Waals surface area contributed by atoms with E-state index in [1.807, 2.05) is 0 Å². The van der Waals surface area contributed by atoms with E-state index in [0.29, 0.717) is 5.56 Å². The summed E-state index contributed by atoms with van der Waals surface area (Å²) in [6.07, 6.45) is 3.00. The van der Waals surface area contributed by atoms with E-state index in [1.54, 1.807) is 36.4 Å². The molecule has 0 fully saturated rings. The van der Waals surface area contributed by atoms with Crippen molar-refractivity contribution in [2.24, 2.45) is 0 Å². The Hall–Kier alpha value is -2.80. The average Bonchev–Trinajstić information content (AvgIpc) is 2.49. The first-order chi connectivity index (χ1) is 10.2. The Kier molecular flexibility index (Phi) is 4.94. The first kappa shape index (κ1) is 14.6. The monoisotopic (exact) mass is 286 g/mol. The minimum absolute atomic E-state index is 0.163. The minimum Gasteiger partial charge on any atom is -0.480 e. The molecule has 0 aliphatic heterocycles. The van der Waals surface area contributed by atoms with Crippen molar-refractivity contribution in [1.82, 2.24) is 15.3 Å². The fourth-order valence-electron chi connectivity index (χ4n) is 1.72. The van der Waals surface area contributed by atoms with E-state index in [1.165, 1.54) is 12.4 Å². The number of nitrogens with zero attached hydrogens (tertiary/aromatic N) is 2. The van der Waals surface area contributed by atoms with Gasteiger partial charge in [-0.25, -0.2) is 9.97 Å². The largest absolute Gasteiger partial charge is 0.480 e. The molecule has 1 atom stereocenters. The van der Waals surface area contributed by atoms with Crippen LogP contribution in [0, 0.1) is 0 Å². The Morgan fingerprint density at radius 1 is 1.10 bits per heavy atom. The van der Waals surface area contributed by atoms with Crippen molar-refractivity contribution in [3.63, 3.8) is 0 Å². The minimum atomic E-state index is -1.05. The van der Waals surface area contributed by atoms with Crippen LogP contribution in [0.1, 0.15) is 11.6 Å². The van der Waals surface area contributed by atoms with Crippen LogP contribution in [0.4, 0.5) is 5.95 Å². The number of carbonyl (C=O) groups is 2. The molecule has 0 spiro atoms. The number of aliphatic carboxylic acids is 1. The van der Waals surface area contributed by atoms with Crippen LogP contribution in [0.3, 0.4) is 0 Å². The highest BCUT2D eigenvalue weighted by Crippen LogP contribution is 2.12. The predicted octanol–water partition coefficient (Wildman–Crippen LogP) is 0.831. The molecule has 0 saturated carbocycles. The van der Waals surface area contributed by atoms with Gasteiger partial charge in [-0.3, -0.25) is 20.2 Å². The van der Waals surface area contributed by atoms with Crippen LogP contribution in [0.5, 0.6) is 0 Å². The van der Waals surface area contributed by atoms with Gasteiger partial charge in [-0.15, -0.1) is 0 Å². The van der Waals surface area contributed by atoms with Gasteiger partial charge < -0.3 is 5.11 Å². The summed E-state index contributed by atoms with van der Waals surface area (Å²) in [4.78, 5) is 30.7. The van der Waals surface area contributed by atoms with Gasteiger partial charge in [-0.1, -0.05) is 30.3 Å². The fourth-order valence-corrected chi connectivity index (χ4v) is 1.72. The van der Waals surface area contributed by atoms with Gasteiger partial charge in [0.2, 0.25) is 11.9 Å². The summed E-state index contributed by atoms with van der Waals surface area (Å²) in [7, 11) is 0. The van der Waals surface area contributed by atoms with Gasteiger partial charge in [-0.2, -0.15) is 0 Å². The predicted molar refractivity (Wildman–Crippen MR) is 75.5 cm³/mol. The lowest BCUT2D eigenvalue weighted by Crippen LogP contribution is -2.35. The number of aromatic nitrogens is 2. The van der Waals surface area contributed by atoms with E-state index in [2.05, 4.69) is 20.6 Å². The number of benzene rings is 1. The van der Waals surface area contributed by atoms with Gasteiger partial charge in [-0.05, 0) is 11.6 Å². The van der Waals surface area contributed by atoms with Gasteiger partial charge in [0.05, 0.1) is 6.54 Å². The average molecular weight is 286 g/mol.